The molecule has 0 amide bonds. The van der Waals surface area contributed by atoms with E-state index in [9.17, 15) is 95.9 Å². The van der Waals surface area contributed by atoms with E-state index in [4.69, 9.17) is 37.6 Å². The number of carbonyl (C=O) groups excluding carboxylic acids is 1. The number of hydrogen-bond acceptors (Lipinski definition) is 30. The van der Waals surface area contributed by atoms with E-state index in [1.807, 2.05) is 4.98 Å². The van der Waals surface area contributed by atoms with Crippen molar-refractivity contribution in [3.8, 4) is 5.75 Å². The van der Waals surface area contributed by atoms with E-state index in [1.165, 1.54) is 45.2 Å². The molecule has 37 nitrogen and oxygen atoms in total. The maximum absolute atomic E-state index is 12.9. The van der Waals surface area contributed by atoms with Crippen molar-refractivity contribution in [1.29, 1.82) is 0 Å². The van der Waals surface area contributed by atoms with Crippen LogP contribution < -0.4 is 56.4 Å². The van der Waals surface area contributed by atoms with Gasteiger partial charge in [0.1, 0.15) is 36.5 Å². The quantitative estimate of drug-likeness (QED) is 0.0394. The number of ether oxygens (including phenoxy) is 3. The Bertz CT molecular complexity index is 3030. The van der Waals surface area contributed by atoms with Gasteiger partial charge in [-0.05, 0) is 19.9 Å². The number of phosphoric ester groups is 2. The third-order valence-electron chi connectivity index (χ3n) is 8.86. The first kappa shape index (κ1) is 60.5. The van der Waals surface area contributed by atoms with E-state index in [2.05, 4.69) is 22.4 Å². The number of aromatic nitrogens is 4. The van der Waals surface area contributed by atoms with Crippen LogP contribution in [0.15, 0.2) is 49.8 Å². The molecule has 404 valence electrons. The first-order chi connectivity index (χ1) is 32.8. The normalized spacial score (nSPS) is 26.1. The number of fused-ring (bicyclic) bond motifs is 1. The van der Waals surface area contributed by atoms with Crippen molar-refractivity contribution in [2.75, 3.05) is 13.2 Å². The summed E-state index contributed by atoms with van der Waals surface area (Å²) < 4.78 is 112. The molecule has 2 fully saturated rings. The lowest BCUT2D eigenvalue weighted by molar-refractivity contribution is -0.385. The number of nitrogens with one attached hydrogen (secondary N) is 2. The molecule has 5 heterocycles. The van der Waals surface area contributed by atoms with Crippen molar-refractivity contribution in [2.45, 2.75) is 77.1 Å². The van der Waals surface area contributed by atoms with Gasteiger partial charge in [0.05, 0.1) is 38.7 Å². The maximum Gasteiger partial charge on any atom is 0.530 e. The van der Waals surface area contributed by atoms with Crippen molar-refractivity contribution in [2.24, 2.45) is 0 Å². The van der Waals surface area contributed by atoms with Gasteiger partial charge in [-0.25, -0.2) is 22.8 Å². The average Bonchev–Trinajstić information content (AvgIpc) is 3.78. The van der Waals surface area contributed by atoms with Crippen LogP contribution in [0.1, 0.15) is 48.9 Å². The summed E-state index contributed by atoms with van der Waals surface area (Å²) in [6, 6.07) is 3.73. The highest BCUT2D eigenvalue weighted by molar-refractivity contribution is 7.64. The summed E-state index contributed by atoms with van der Waals surface area (Å²) in [4.78, 5) is 150. The third-order valence-corrected chi connectivity index (χ3v) is 15.5. The first-order valence-electron chi connectivity index (χ1n) is 19.0. The molecule has 0 saturated carbocycles. The number of aliphatic hydroxyl groups is 1. The van der Waals surface area contributed by atoms with Crippen molar-refractivity contribution in [3.05, 3.63) is 99.1 Å². The Kier molecular flexibility index (Phi) is 19.9. The fourth-order valence-electron chi connectivity index (χ4n) is 5.98. The second-order valence-corrected chi connectivity index (χ2v) is 22.7. The molecule has 6 rings (SSSR count). The standard InChI is InChI=1S/C19H20N3O11P.C10H17N2O14P3.H4O7P2/c1-10-7-21(19(25)20-18(10)24)17-6-15(31-11(2)23)16(32-17)9-30-34(28)29-8-12-5-13(22(26)27)3-4-14(12)33-34;1-5-3-12(10(15)11-9(5)14)8-2-6(13)7(24-8)4-23-28(19,20)26-29(21,22)25-27(16,17)18;1-8(2,3)7-9(4,5)6/h3-5,7,15-17H,6,8-9H2,1-2H3,(H,20,24,25);3,6-8,13H,2,4H2,1H3,(H,19,20)(H,21,22)(H,11,14,15)(H2,16,17,18);(H2,1,2,3)(H2,4,5,6)/p-6/t15?,16-,17-,34?;6?,7-,8-;/m11./s1. The monoisotopic (exact) mass is 1150 g/mol. The van der Waals surface area contributed by atoms with Crippen LogP contribution in [0, 0.1) is 24.0 Å². The Morgan fingerprint density at radius 3 is 1.83 bits per heavy atom. The first-order valence-corrected chi connectivity index (χ1v) is 27.8. The van der Waals surface area contributed by atoms with Gasteiger partial charge in [-0.2, -0.15) is 0 Å². The smallest absolute Gasteiger partial charge is 0.530 e. The largest absolute Gasteiger partial charge is 0.790 e. The Morgan fingerprint density at radius 1 is 0.819 bits per heavy atom. The summed E-state index contributed by atoms with van der Waals surface area (Å²) in [7, 11) is -32.8. The zero-order valence-corrected chi connectivity index (χ0v) is 41.5. The van der Waals surface area contributed by atoms with E-state index < -0.39 is 124 Å². The molecule has 2 saturated heterocycles. The van der Waals surface area contributed by atoms with E-state index in [1.54, 1.807) is 0 Å². The van der Waals surface area contributed by atoms with Gasteiger partial charge in [0, 0.05) is 61.0 Å². The number of hydrogen-bond donors (Lipinski definition) is 5. The Labute approximate surface area is 398 Å². The number of carbonyl (C=O) groups is 1. The topological polar surface area (TPSA) is 564 Å². The number of rotatable bonds is 16. The van der Waals surface area contributed by atoms with E-state index in [0.717, 1.165) is 15.3 Å². The lowest BCUT2D eigenvalue weighted by Crippen LogP contribution is -2.33. The Hall–Kier alpha value is -4.05. The highest BCUT2D eigenvalue weighted by Gasteiger charge is 2.43. The molecule has 0 bridgehead atoms. The minimum Gasteiger partial charge on any atom is -0.790 e. The number of aliphatic hydroxyl groups excluding tert-OH is 1. The molecule has 0 aliphatic carbocycles. The third kappa shape index (κ3) is 18.7. The number of esters is 1. The minimum absolute atomic E-state index is 0.0670. The molecule has 11 atom stereocenters. The van der Waals surface area contributed by atoms with Crippen LogP contribution in [0.5, 0.6) is 5.75 Å². The zero-order valence-electron chi connectivity index (χ0n) is 36.1. The molecule has 1 aromatic carbocycles. The molecule has 0 spiro atoms. The fourth-order valence-corrected chi connectivity index (χ4v) is 11.1. The van der Waals surface area contributed by atoms with E-state index >= 15 is 0 Å². The molecule has 43 heteroatoms. The predicted octanol–water partition coefficient (Wildman–Crippen LogP) is -4.06. The van der Waals surface area contributed by atoms with Gasteiger partial charge in [0.25, 0.3) is 48.1 Å². The number of phosphoric acid groups is 6. The number of aromatic amines is 2. The van der Waals surface area contributed by atoms with Gasteiger partial charge < -0.3 is 72.1 Å². The lowest BCUT2D eigenvalue weighted by atomic mass is 10.2. The van der Waals surface area contributed by atoms with Gasteiger partial charge in [-0.3, -0.25) is 75.2 Å². The van der Waals surface area contributed by atoms with Crippen molar-refractivity contribution in [1.82, 2.24) is 19.1 Å². The van der Waals surface area contributed by atoms with Crippen LogP contribution >= 0.6 is 46.9 Å². The molecule has 3 aromatic rings. The highest BCUT2D eigenvalue weighted by Crippen LogP contribution is 2.61. The number of benzene rings is 1. The second kappa shape index (κ2) is 23.7. The van der Waals surface area contributed by atoms with Gasteiger partial charge >= 0.3 is 25.2 Å². The molecular formula is C29H35N5O32P6-6. The number of H-pyrrole nitrogens is 2. The van der Waals surface area contributed by atoms with Gasteiger partial charge in [0.15, 0.2) is 0 Å². The molecule has 0 radical (unpaired) electrons. The average molecular weight is 1150 g/mol. The van der Waals surface area contributed by atoms with Crippen LogP contribution in [-0.2, 0) is 79.5 Å². The zero-order chi connectivity index (χ0) is 54.5. The Balaban J connectivity index is 0.000000270. The summed E-state index contributed by atoms with van der Waals surface area (Å²) in [6.45, 7) is 2.49. The number of non-ortho nitro benzene ring substituents is 1. The number of nitrogens with zero attached hydrogens (tertiary/aromatic N) is 3. The molecule has 3 aliphatic rings. The molecular weight excluding hydrogens is 1120 g/mol. The van der Waals surface area contributed by atoms with Crippen LogP contribution in [0.25, 0.3) is 0 Å². The summed E-state index contributed by atoms with van der Waals surface area (Å²) in [6.07, 6.45) is -4.24. The molecule has 5 N–H and O–H groups in total. The number of nitro groups is 1. The number of nitro benzene ring substituents is 1. The predicted molar refractivity (Wildman–Crippen MR) is 214 cm³/mol. The molecule has 7 unspecified atom stereocenters. The van der Waals surface area contributed by atoms with E-state index in [0.29, 0.717) is 5.56 Å². The summed E-state index contributed by atoms with van der Waals surface area (Å²) in [5.74, 6) is -0.492. The van der Waals surface area contributed by atoms with Crippen molar-refractivity contribution in [3.63, 3.8) is 0 Å². The summed E-state index contributed by atoms with van der Waals surface area (Å²) in [5, 5.41) is 20.8. The number of aryl methyl sites for hydroxylation is 2. The molecule has 3 aliphatic heterocycles. The SMILES string of the molecule is CC(=O)OC1C[C@H](n2cc(C)c(=O)[nH]c2=O)O[C@@H]1COP1(=O)OCc2cc([N+](=O)[O-])ccc2O1.Cc1cn([C@H]2CC(O)[C@@H](COP(=O)([O-])OP(=O)([O-])OP(=O)([O-])[O-])O2)c(=O)[nH]c1=O.O=P([O-])(O)OP(=O)([O-])O. The van der Waals surface area contributed by atoms with Crippen molar-refractivity contribution < 1.29 is 127 Å². The van der Waals surface area contributed by atoms with Crippen molar-refractivity contribution >= 4 is 58.6 Å². The van der Waals surface area contributed by atoms with Crippen LogP contribution in [0.2, 0.25) is 0 Å². The van der Waals surface area contributed by atoms with Gasteiger partial charge in [-0.15, -0.1) is 0 Å². The van der Waals surface area contributed by atoms with Crippen LogP contribution in [0.3, 0.4) is 0 Å². The summed E-state index contributed by atoms with van der Waals surface area (Å²) >= 11 is 0. The fraction of sp³-hybridized carbons (Fsp3) is 0.483. The lowest BCUT2D eigenvalue weighted by Gasteiger charge is -2.37. The second-order valence-electron chi connectivity index (χ2n) is 14.4. The van der Waals surface area contributed by atoms with Gasteiger partial charge in [0.2, 0.25) is 0 Å². The summed E-state index contributed by atoms with van der Waals surface area (Å²) in [5.41, 5.74) is -2.16. The van der Waals surface area contributed by atoms with Gasteiger partial charge in [-0.1, -0.05) is 0 Å². The highest BCUT2D eigenvalue weighted by atomic mass is 31.3. The minimum atomic E-state index is -6.12. The maximum atomic E-state index is 12.9. The Morgan fingerprint density at radius 2 is 1.35 bits per heavy atom. The molecule has 2 aromatic heterocycles. The van der Waals surface area contributed by atoms with E-state index in [-0.39, 0.29) is 48.6 Å². The van der Waals surface area contributed by atoms with Crippen LogP contribution in [0.4, 0.5) is 5.69 Å². The molecule has 72 heavy (non-hydrogen) atoms. The van der Waals surface area contributed by atoms with Crippen LogP contribution in [-0.4, -0.2) is 82.5 Å².